The van der Waals surface area contributed by atoms with Crippen molar-refractivity contribution < 1.29 is 4.74 Å². The van der Waals surface area contributed by atoms with Gasteiger partial charge in [0, 0.05) is 0 Å². The van der Waals surface area contributed by atoms with E-state index >= 15 is 0 Å². The molecule has 0 amide bonds. The molecule has 4 heteroatoms. The highest BCUT2D eigenvalue weighted by molar-refractivity contribution is 5.32. The van der Waals surface area contributed by atoms with E-state index in [4.69, 9.17) is 10.5 Å². The summed E-state index contributed by atoms with van der Waals surface area (Å²) in [5.41, 5.74) is 7.51. The largest absolute Gasteiger partial charge is 0.486 e. The second kappa shape index (κ2) is 5.26. The maximum atomic E-state index is 5.63. The predicted molar refractivity (Wildman–Crippen MR) is 75.9 cm³/mol. The second-order valence-corrected chi connectivity index (χ2v) is 5.50. The molecule has 1 aromatic carbocycles. The fourth-order valence-corrected chi connectivity index (χ4v) is 1.64. The van der Waals surface area contributed by atoms with E-state index in [0.717, 1.165) is 5.75 Å². The number of nitrogen functional groups attached to an aromatic ring is 1. The van der Waals surface area contributed by atoms with E-state index in [-0.39, 0.29) is 5.41 Å². The standard InChI is InChI=1S/C15H19N3O/c1-15(2,3)11-4-6-13(7-5-11)19-10-14-17-8-12(16)9-18-14/h4-9H,10,16H2,1-3H3. The van der Waals surface area contributed by atoms with Crippen LogP contribution in [0.1, 0.15) is 32.2 Å². The summed E-state index contributed by atoms with van der Waals surface area (Å²) in [6.45, 7) is 6.90. The van der Waals surface area contributed by atoms with Crippen molar-refractivity contribution in [2.24, 2.45) is 0 Å². The van der Waals surface area contributed by atoms with Gasteiger partial charge in [-0.05, 0) is 23.1 Å². The van der Waals surface area contributed by atoms with Crippen LogP contribution in [0, 0.1) is 0 Å². The Balaban J connectivity index is 1.98. The number of hydrogen-bond acceptors (Lipinski definition) is 4. The fourth-order valence-electron chi connectivity index (χ4n) is 1.64. The lowest BCUT2D eigenvalue weighted by atomic mass is 9.87. The van der Waals surface area contributed by atoms with E-state index in [9.17, 15) is 0 Å². The van der Waals surface area contributed by atoms with Crippen LogP contribution in [0.25, 0.3) is 0 Å². The molecular formula is C15H19N3O. The van der Waals surface area contributed by atoms with Gasteiger partial charge < -0.3 is 10.5 Å². The Morgan fingerprint density at radius 2 is 1.63 bits per heavy atom. The van der Waals surface area contributed by atoms with Crippen LogP contribution in [0.4, 0.5) is 5.69 Å². The topological polar surface area (TPSA) is 61.0 Å². The van der Waals surface area contributed by atoms with Crippen molar-refractivity contribution in [3.63, 3.8) is 0 Å². The van der Waals surface area contributed by atoms with Crippen molar-refractivity contribution in [2.45, 2.75) is 32.8 Å². The molecule has 0 saturated carbocycles. The van der Waals surface area contributed by atoms with Gasteiger partial charge in [-0.15, -0.1) is 0 Å². The van der Waals surface area contributed by atoms with E-state index in [0.29, 0.717) is 18.1 Å². The zero-order chi connectivity index (χ0) is 13.9. The molecule has 0 spiro atoms. The quantitative estimate of drug-likeness (QED) is 0.918. The van der Waals surface area contributed by atoms with Gasteiger partial charge in [0.15, 0.2) is 5.82 Å². The van der Waals surface area contributed by atoms with Crippen molar-refractivity contribution in [3.05, 3.63) is 48.0 Å². The number of aromatic nitrogens is 2. The molecule has 0 bridgehead atoms. The van der Waals surface area contributed by atoms with Crippen LogP contribution in [-0.2, 0) is 12.0 Å². The Morgan fingerprint density at radius 3 is 2.16 bits per heavy atom. The summed E-state index contributed by atoms with van der Waals surface area (Å²) < 4.78 is 5.63. The van der Waals surface area contributed by atoms with Gasteiger partial charge in [0.1, 0.15) is 12.4 Å². The highest BCUT2D eigenvalue weighted by Crippen LogP contribution is 2.24. The summed E-state index contributed by atoms with van der Waals surface area (Å²) in [4.78, 5) is 8.18. The number of ether oxygens (including phenoxy) is 1. The molecule has 0 aliphatic carbocycles. The van der Waals surface area contributed by atoms with E-state index < -0.39 is 0 Å². The van der Waals surface area contributed by atoms with Crippen LogP contribution in [0.15, 0.2) is 36.7 Å². The molecule has 0 saturated heterocycles. The summed E-state index contributed by atoms with van der Waals surface area (Å²) in [6.07, 6.45) is 3.16. The van der Waals surface area contributed by atoms with Gasteiger partial charge in [0.05, 0.1) is 18.1 Å². The molecule has 2 N–H and O–H groups in total. The van der Waals surface area contributed by atoms with Crippen molar-refractivity contribution in [1.82, 2.24) is 9.97 Å². The molecular weight excluding hydrogens is 238 g/mol. The van der Waals surface area contributed by atoms with E-state index in [2.05, 4.69) is 42.9 Å². The molecule has 100 valence electrons. The molecule has 0 atom stereocenters. The third-order valence-electron chi connectivity index (χ3n) is 2.81. The Bertz CT molecular complexity index is 527. The van der Waals surface area contributed by atoms with Crippen molar-refractivity contribution in [3.8, 4) is 5.75 Å². The zero-order valence-corrected chi connectivity index (χ0v) is 11.6. The molecule has 0 radical (unpaired) electrons. The lowest BCUT2D eigenvalue weighted by Gasteiger charge is -2.19. The molecule has 0 fully saturated rings. The number of nitrogens with zero attached hydrogens (tertiary/aromatic N) is 2. The van der Waals surface area contributed by atoms with Gasteiger partial charge in [-0.3, -0.25) is 0 Å². The number of hydrogen-bond donors (Lipinski definition) is 1. The molecule has 4 nitrogen and oxygen atoms in total. The van der Waals surface area contributed by atoms with E-state index in [1.54, 1.807) is 12.4 Å². The third kappa shape index (κ3) is 3.68. The summed E-state index contributed by atoms with van der Waals surface area (Å²) in [6, 6.07) is 8.11. The van der Waals surface area contributed by atoms with Gasteiger partial charge in [-0.1, -0.05) is 32.9 Å². The maximum absolute atomic E-state index is 5.63. The minimum Gasteiger partial charge on any atom is -0.486 e. The third-order valence-corrected chi connectivity index (χ3v) is 2.81. The van der Waals surface area contributed by atoms with E-state index in [1.165, 1.54) is 5.56 Å². The van der Waals surface area contributed by atoms with E-state index in [1.807, 2.05) is 12.1 Å². The van der Waals surface area contributed by atoms with Crippen LogP contribution in [0.5, 0.6) is 5.75 Å². The second-order valence-electron chi connectivity index (χ2n) is 5.50. The molecule has 0 aliphatic rings. The SMILES string of the molecule is CC(C)(C)c1ccc(OCc2ncc(N)cn2)cc1. The van der Waals surface area contributed by atoms with Crippen LogP contribution < -0.4 is 10.5 Å². The Morgan fingerprint density at radius 1 is 1.05 bits per heavy atom. The first kappa shape index (κ1) is 13.3. The highest BCUT2D eigenvalue weighted by atomic mass is 16.5. The average Bonchev–Trinajstić information content (AvgIpc) is 2.37. The Hall–Kier alpha value is -2.10. The lowest BCUT2D eigenvalue weighted by Crippen LogP contribution is -2.10. The number of benzene rings is 1. The molecule has 2 rings (SSSR count). The maximum Gasteiger partial charge on any atom is 0.166 e. The first-order valence-corrected chi connectivity index (χ1v) is 6.25. The first-order chi connectivity index (χ1) is 8.95. The molecule has 19 heavy (non-hydrogen) atoms. The normalized spacial score (nSPS) is 11.3. The minimum atomic E-state index is 0.151. The average molecular weight is 257 g/mol. The van der Waals surface area contributed by atoms with Gasteiger partial charge in [-0.25, -0.2) is 9.97 Å². The summed E-state index contributed by atoms with van der Waals surface area (Å²) in [5.74, 6) is 1.43. The monoisotopic (exact) mass is 257 g/mol. The molecule has 1 aromatic heterocycles. The van der Waals surface area contributed by atoms with Crippen molar-refractivity contribution >= 4 is 5.69 Å². The van der Waals surface area contributed by atoms with Gasteiger partial charge in [-0.2, -0.15) is 0 Å². The highest BCUT2D eigenvalue weighted by Gasteiger charge is 2.12. The summed E-state index contributed by atoms with van der Waals surface area (Å²) in [7, 11) is 0. The molecule has 0 unspecified atom stereocenters. The molecule has 0 aliphatic heterocycles. The lowest BCUT2D eigenvalue weighted by molar-refractivity contribution is 0.295. The Labute approximate surface area is 113 Å². The zero-order valence-electron chi connectivity index (χ0n) is 11.6. The first-order valence-electron chi connectivity index (χ1n) is 6.25. The van der Waals surface area contributed by atoms with Crippen molar-refractivity contribution in [2.75, 3.05) is 5.73 Å². The smallest absolute Gasteiger partial charge is 0.166 e. The minimum absolute atomic E-state index is 0.151. The molecule has 2 aromatic rings. The number of rotatable bonds is 3. The fraction of sp³-hybridized carbons (Fsp3) is 0.333. The van der Waals surface area contributed by atoms with Crippen LogP contribution >= 0.6 is 0 Å². The van der Waals surface area contributed by atoms with Crippen LogP contribution in [-0.4, -0.2) is 9.97 Å². The number of nitrogens with two attached hydrogens (primary N) is 1. The summed E-state index contributed by atoms with van der Waals surface area (Å²) >= 11 is 0. The van der Waals surface area contributed by atoms with Crippen LogP contribution in [0.3, 0.4) is 0 Å². The van der Waals surface area contributed by atoms with Gasteiger partial charge >= 0.3 is 0 Å². The Kier molecular flexibility index (Phi) is 3.69. The van der Waals surface area contributed by atoms with Crippen LogP contribution in [0.2, 0.25) is 0 Å². The van der Waals surface area contributed by atoms with Gasteiger partial charge in [0.25, 0.3) is 0 Å². The number of anilines is 1. The van der Waals surface area contributed by atoms with Gasteiger partial charge in [0.2, 0.25) is 0 Å². The van der Waals surface area contributed by atoms with Crippen molar-refractivity contribution in [1.29, 1.82) is 0 Å². The molecule has 1 heterocycles. The predicted octanol–water partition coefficient (Wildman–Crippen LogP) is 2.94. The summed E-state index contributed by atoms with van der Waals surface area (Å²) in [5, 5.41) is 0.